The third kappa shape index (κ3) is 5.31. The maximum absolute atomic E-state index is 9.31. The van der Waals surface area contributed by atoms with Crippen LogP contribution in [0.5, 0.6) is 0 Å². The molecule has 0 amide bonds. The van der Waals surface area contributed by atoms with Gasteiger partial charge < -0.3 is 15.5 Å². The SMILES string of the molecule is CCCc1ccc(C(C)(C)CNCC(O)CO)cc1. The third-order valence-corrected chi connectivity index (χ3v) is 3.43. The zero-order chi connectivity index (χ0) is 14.3. The Balaban J connectivity index is 2.55. The van der Waals surface area contributed by atoms with E-state index < -0.39 is 6.10 Å². The van der Waals surface area contributed by atoms with Crippen LogP contribution in [0, 0.1) is 0 Å². The predicted molar refractivity (Wildman–Crippen MR) is 79.4 cm³/mol. The van der Waals surface area contributed by atoms with Gasteiger partial charge >= 0.3 is 0 Å². The first-order chi connectivity index (χ1) is 8.99. The number of nitrogens with one attached hydrogen (secondary N) is 1. The molecule has 0 radical (unpaired) electrons. The van der Waals surface area contributed by atoms with Gasteiger partial charge in [-0.1, -0.05) is 51.5 Å². The van der Waals surface area contributed by atoms with Crippen LogP contribution >= 0.6 is 0 Å². The molecule has 1 atom stereocenters. The largest absolute Gasteiger partial charge is 0.394 e. The van der Waals surface area contributed by atoms with Gasteiger partial charge in [-0.25, -0.2) is 0 Å². The normalized spacial score (nSPS) is 13.5. The van der Waals surface area contributed by atoms with Gasteiger partial charge in [0.2, 0.25) is 0 Å². The molecule has 19 heavy (non-hydrogen) atoms. The van der Waals surface area contributed by atoms with Crippen molar-refractivity contribution in [2.75, 3.05) is 19.7 Å². The molecule has 3 nitrogen and oxygen atoms in total. The summed E-state index contributed by atoms with van der Waals surface area (Å²) in [5, 5.41) is 21.3. The summed E-state index contributed by atoms with van der Waals surface area (Å²) >= 11 is 0. The highest BCUT2D eigenvalue weighted by molar-refractivity contribution is 5.28. The first kappa shape index (κ1) is 16.2. The number of aliphatic hydroxyl groups is 2. The number of hydrogen-bond acceptors (Lipinski definition) is 3. The van der Waals surface area contributed by atoms with Gasteiger partial charge in [0.05, 0.1) is 12.7 Å². The Kier molecular flexibility index (Phi) is 6.49. The number of hydrogen-bond donors (Lipinski definition) is 3. The summed E-state index contributed by atoms with van der Waals surface area (Å²) in [4.78, 5) is 0. The molecular weight excluding hydrogens is 238 g/mol. The second kappa shape index (κ2) is 7.63. The van der Waals surface area contributed by atoms with E-state index in [1.165, 1.54) is 17.5 Å². The summed E-state index contributed by atoms with van der Waals surface area (Å²) in [6.45, 7) is 7.55. The highest BCUT2D eigenvalue weighted by Gasteiger charge is 2.20. The monoisotopic (exact) mass is 265 g/mol. The quantitative estimate of drug-likeness (QED) is 0.672. The van der Waals surface area contributed by atoms with Crippen molar-refractivity contribution in [3.8, 4) is 0 Å². The van der Waals surface area contributed by atoms with E-state index in [9.17, 15) is 5.11 Å². The minimum absolute atomic E-state index is 0.0138. The van der Waals surface area contributed by atoms with Crippen LogP contribution in [0.4, 0.5) is 0 Å². The van der Waals surface area contributed by atoms with Crippen LogP contribution in [-0.2, 0) is 11.8 Å². The molecular formula is C16H27NO2. The highest BCUT2D eigenvalue weighted by atomic mass is 16.3. The zero-order valence-electron chi connectivity index (χ0n) is 12.3. The van der Waals surface area contributed by atoms with Crippen LogP contribution in [0.2, 0.25) is 0 Å². The Morgan fingerprint density at radius 1 is 1.21 bits per heavy atom. The summed E-state index contributed by atoms with van der Waals surface area (Å²) in [5.41, 5.74) is 2.68. The second-order valence-electron chi connectivity index (χ2n) is 5.80. The van der Waals surface area contributed by atoms with Crippen molar-refractivity contribution in [1.82, 2.24) is 5.32 Å². The van der Waals surface area contributed by atoms with E-state index in [1.54, 1.807) is 0 Å². The van der Waals surface area contributed by atoms with Crippen molar-refractivity contribution in [3.05, 3.63) is 35.4 Å². The Hall–Kier alpha value is -0.900. The van der Waals surface area contributed by atoms with Gasteiger partial charge in [0, 0.05) is 18.5 Å². The molecule has 0 aromatic heterocycles. The van der Waals surface area contributed by atoms with Gasteiger partial charge in [-0.3, -0.25) is 0 Å². The average molecular weight is 265 g/mol. The molecule has 1 rings (SSSR count). The summed E-state index contributed by atoms with van der Waals surface area (Å²) in [5.74, 6) is 0. The van der Waals surface area contributed by atoms with Crippen LogP contribution in [0.1, 0.15) is 38.3 Å². The Morgan fingerprint density at radius 2 is 1.84 bits per heavy atom. The van der Waals surface area contributed by atoms with Gasteiger partial charge in [0.25, 0.3) is 0 Å². The molecule has 0 aliphatic rings. The van der Waals surface area contributed by atoms with Gasteiger partial charge in [0.1, 0.15) is 0 Å². The fraction of sp³-hybridized carbons (Fsp3) is 0.625. The molecule has 0 fully saturated rings. The minimum atomic E-state index is -0.678. The standard InChI is InChI=1S/C16H27NO2/c1-4-5-13-6-8-14(9-7-13)16(2,3)12-17-10-15(19)11-18/h6-9,15,17-19H,4-5,10-12H2,1-3H3. The smallest absolute Gasteiger partial charge is 0.0894 e. The van der Waals surface area contributed by atoms with Crippen LogP contribution in [0.25, 0.3) is 0 Å². The number of rotatable bonds is 8. The lowest BCUT2D eigenvalue weighted by Crippen LogP contribution is -2.38. The first-order valence-corrected chi connectivity index (χ1v) is 7.08. The lowest BCUT2D eigenvalue weighted by Gasteiger charge is -2.26. The number of aliphatic hydroxyl groups excluding tert-OH is 2. The molecule has 0 spiro atoms. The van der Waals surface area contributed by atoms with Crippen molar-refractivity contribution in [1.29, 1.82) is 0 Å². The Bertz CT molecular complexity index is 360. The second-order valence-corrected chi connectivity index (χ2v) is 5.80. The van der Waals surface area contributed by atoms with Crippen LogP contribution in [0.15, 0.2) is 24.3 Å². The molecule has 0 saturated carbocycles. The molecule has 0 saturated heterocycles. The average Bonchev–Trinajstić information content (AvgIpc) is 2.39. The summed E-state index contributed by atoms with van der Waals surface area (Å²) in [6, 6.07) is 8.77. The van der Waals surface area contributed by atoms with E-state index in [0.29, 0.717) is 6.54 Å². The summed E-state index contributed by atoms with van der Waals surface area (Å²) < 4.78 is 0. The maximum atomic E-state index is 9.31. The van der Waals surface area contributed by atoms with E-state index in [2.05, 4.69) is 50.4 Å². The molecule has 0 bridgehead atoms. The zero-order valence-corrected chi connectivity index (χ0v) is 12.3. The van der Waals surface area contributed by atoms with Crippen molar-refractivity contribution in [2.24, 2.45) is 0 Å². The van der Waals surface area contributed by atoms with E-state index >= 15 is 0 Å². The van der Waals surface area contributed by atoms with Crippen molar-refractivity contribution in [2.45, 2.75) is 45.1 Å². The summed E-state index contributed by atoms with van der Waals surface area (Å²) in [7, 11) is 0. The van der Waals surface area contributed by atoms with Crippen molar-refractivity contribution >= 4 is 0 Å². The molecule has 3 N–H and O–H groups in total. The van der Waals surface area contributed by atoms with Crippen molar-refractivity contribution in [3.63, 3.8) is 0 Å². The molecule has 0 aliphatic carbocycles. The lowest BCUT2D eigenvalue weighted by molar-refractivity contribution is 0.0934. The van der Waals surface area contributed by atoms with Gasteiger partial charge in [-0.05, 0) is 17.5 Å². The van der Waals surface area contributed by atoms with E-state index in [0.717, 1.165) is 13.0 Å². The fourth-order valence-corrected chi connectivity index (χ4v) is 2.13. The fourth-order valence-electron chi connectivity index (χ4n) is 2.13. The molecule has 1 aromatic carbocycles. The molecule has 108 valence electrons. The van der Waals surface area contributed by atoms with Crippen molar-refractivity contribution < 1.29 is 10.2 Å². The maximum Gasteiger partial charge on any atom is 0.0894 e. The lowest BCUT2D eigenvalue weighted by atomic mass is 9.84. The van der Waals surface area contributed by atoms with Crippen LogP contribution in [0.3, 0.4) is 0 Å². The first-order valence-electron chi connectivity index (χ1n) is 7.08. The van der Waals surface area contributed by atoms with Crippen LogP contribution < -0.4 is 5.32 Å². The number of aryl methyl sites for hydroxylation is 1. The van der Waals surface area contributed by atoms with Gasteiger partial charge in [0.15, 0.2) is 0 Å². The molecule has 1 aromatic rings. The van der Waals surface area contributed by atoms with Gasteiger partial charge in [-0.2, -0.15) is 0 Å². The number of benzene rings is 1. The van der Waals surface area contributed by atoms with E-state index in [-0.39, 0.29) is 12.0 Å². The molecule has 0 heterocycles. The van der Waals surface area contributed by atoms with Gasteiger partial charge in [-0.15, -0.1) is 0 Å². The predicted octanol–water partition coefficient (Wildman–Crippen LogP) is 1.86. The summed E-state index contributed by atoms with van der Waals surface area (Å²) in [6.07, 6.45) is 1.62. The molecule has 3 heteroatoms. The van der Waals surface area contributed by atoms with E-state index in [4.69, 9.17) is 5.11 Å². The molecule has 0 aliphatic heterocycles. The molecule has 1 unspecified atom stereocenters. The van der Waals surface area contributed by atoms with E-state index in [1.807, 2.05) is 0 Å². The topological polar surface area (TPSA) is 52.5 Å². The Labute approximate surface area is 116 Å². The third-order valence-electron chi connectivity index (χ3n) is 3.43. The Morgan fingerprint density at radius 3 is 2.37 bits per heavy atom. The highest BCUT2D eigenvalue weighted by Crippen LogP contribution is 2.22. The van der Waals surface area contributed by atoms with Crippen LogP contribution in [-0.4, -0.2) is 36.0 Å². The minimum Gasteiger partial charge on any atom is -0.394 e.